The van der Waals surface area contributed by atoms with E-state index in [0.29, 0.717) is 24.6 Å². The van der Waals surface area contributed by atoms with E-state index in [0.717, 1.165) is 19.3 Å². The maximum atomic E-state index is 11.7. The summed E-state index contributed by atoms with van der Waals surface area (Å²) in [5.74, 6) is -0.511. The fourth-order valence-electron chi connectivity index (χ4n) is 1.92. The minimum absolute atomic E-state index is 0.160. The minimum atomic E-state index is -0.877. The van der Waals surface area contributed by atoms with Gasteiger partial charge in [0.25, 0.3) is 0 Å². The second-order valence-electron chi connectivity index (χ2n) is 4.98. The third-order valence-corrected chi connectivity index (χ3v) is 3.08. The number of nitrogens with zero attached hydrogens (tertiary/aromatic N) is 2. The lowest BCUT2D eigenvalue weighted by atomic mass is 10.0. The van der Waals surface area contributed by atoms with E-state index in [4.69, 9.17) is 9.63 Å². The first-order valence-electron chi connectivity index (χ1n) is 7.37. The summed E-state index contributed by atoms with van der Waals surface area (Å²) in [6.45, 7) is 4.10. The maximum absolute atomic E-state index is 11.7. The van der Waals surface area contributed by atoms with Gasteiger partial charge in [0.15, 0.2) is 5.82 Å². The van der Waals surface area contributed by atoms with E-state index in [9.17, 15) is 9.59 Å². The Kier molecular flexibility index (Phi) is 7.42. The summed E-state index contributed by atoms with van der Waals surface area (Å²) in [4.78, 5) is 26.8. The second kappa shape index (κ2) is 9.10. The van der Waals surface area contributed by atoms with E-state index < -0.39 is 11.9 Å². The third kappa shape index (κ3) is 6.37. The van der Waals surface area contributed by atoms with E-state index >= 15 is 0 Å². The lowest BCUT2D eigenvalue weighted by Crippen LogP contribution is -2.33. The zero-order valence-corrected chi connectivity index (χ0v) is 12.6. The normalized spacial score (nSPS) is 12.1. The number of carbonyl (C=O) groups excluding carboxylic acids is 1. The van der Waals surface area contributed by atoms with Crippen molar-refractivity contribution in [2.24, 2.45) is 5.92 Å². The van der Waals surface area contributed by atoms with Gasteiger partial charge in [-0.2, -0.15) is 4.98 Å². The van der Waals surface area contributed by atoms with Crippen LogP contribution < -0.4 is 5.32 Å². The van der Waals surface area contributed by atoms with Crippen LogP contribution in [0.3, 0.4) is 0 Å². The first kappa shape index (κ1) is 17.1. The van der Waals surface area contributed by atoms with Crippen LogP contribution in [0.25, 0.3) is 0 Å². The number of amides is 1. The molecular formula is C14H23N3O4. The number of carboxylic acid groups (broad SMARTS) is 1. The van der Waals surface area contributed by atoms with E-state index in [1.54, 1.807) is 0 Å². The van der Waals surface area contributed by atoms with Crippen LogP contribution in [0.2, 0.25) is 0 Å². The Morgan fingerprint density at radius 1 is 1.29 bits per heavy atom. The fraction of sp³-hybridized carbons (Fsp3) is 0.714. The molecule has 1 amide bonds. The topological polar surface area (TPSA) is 105 Å². The summed E-state index contributed by atoms with van der Waals surface area (Å²) in [7, 11) is 0. The molecule has 0 radical (unpaired) electrons. The number of aliphatic carboxylic acids is 1. The molecule has 1 rings (SSSR count). The monoisotopic (exact) mass is 297 g/mol. The highest BCUT2D eigenvalue weighted by atomic mass is 16.5. The predicted molar refractivity (Wildman–Crippen MR) is 75.7 cm³/mol. The number of carboxylic acids is 1. The van der Waals surface area contributed by atoms with Crippen LogP contribution in [0.15, 0.2) is 4.52 Å². The third-order valence-electron chi connectivity index (χ3n) is 3.08. The van der Waals surface area contributed by atoms with Crippen LogP contribution >= 0.6 is 0 Å². The van der Waals surface area contributed by atoms with Crippen molar-refractivity contribution >= 4 is 11.9 Å². The molecule has 1 unspecified atom stereocenters. The molecule has 2 N–H and O–H groups in total. The van der Waals surface area contributed by atoms with Crippen LogP contribution in [-0.4, -0.2) is 33.7 Å². The molecule has 7 nitrogen and oxygen atoms in total. The Labute approximate surface area is 124 Å². The molecule has 1 heterocycles. The molecule has 0 saturated carbocycles. The van der Waals surface area contributed by atoms with E-state index in [1.165, 1.54) is 0 Å². The molecule has 0 spiro atoms. The lowest BCUT2D eigenvalue weighted by molar-refractivity contribution is -0.141. The van der Waals surface area contributed by atoms with Gasteiger partial charge in [-0.25, -0.2) is 0 Å². The molecule has 1 aromatic rings. The molecule has 0 aliphatic carbocycles. The first-order chi connectivity index (χ1) is 10.1. The number of hydrogen-bond donors (Lipinski definition) is 2. The van der Waals surface area contributed by atoms with Crippen molar-refractivity contribution in [3.63, 3.8) is 0 Å². The summed E-state index contributed by atoms with van der Waals surface area (Å²) in [6.07, 6.45) is 3.61. The molecule has 0 fully saturated rings. The average Bonchev–Trinajstić information content (AvgIpc) is 2.89. The zero-order valence-electron chi connectivity index (χ0n) is 12.6. The van der Waals surface area contributed by atoms with Crippen molar-refractivity contribution in [2.75, 3.05) is 6.54 Å². The Morgan fingerprint density at radius 2 is 2.05 bits per heavy atom. The van der Waals surface area contributed by atoms with Crippen molar-refractivity contribution in [1.29, 1.82) is 0 Å². The summed E-state index contributed by atoms with van der Waals surface area (Å²) >= 11 is 0. The molecule has 0 bridgehead atoms. The van der Waals surface area contributed by atoms with Gasteiger partial charge in [-0.05, 0) is 12.8 Å². The van der Waals surface area contributed by atoms with Crippen molar-refractivity contribution in [3.05, 3.63) is 11.7 Å². The number of rotatable bonds is 10. The van der Waals surface area contributed by atoms with Gasteiger partial charge in [-0.15, -0.1) is 0 Å². The standard InChI is InChI=1S/C14H23N3O4/c1-3-5-10(14(19)20)9-15-12(18)7-8-13-16-11(6-4-2)17-21-13/h10H,3-9H2,1-2H3,(H,15,18)(H,19,20). The summed E-state index contributed by atoms with van der Waals surface area (Å²) in [5.41, 5.74) is 0. The number of aryl methyl sites for hydroxylation is 2. The van der Waals surface area contributed by atoms with Gasteiger partial charge in [-0.1, -0.05) is 25.4 Å². The van der Waals surface area contributed by atoms with Gasteiger partial charge in [0.2, 0.25) is 11.8 Å². The van der Waals surface area contributed by atoms with Gasteiger partial charge in [0.05, 0.1) is 5.92 Å². The van der Waals surface area contributed by atoms with Gasteiger partial charge >= 0.3 is 5.97 Å². The summed E-state index contributed by atoms with van der Waals surface area (Å²) < 4.78 is 5.03. The molecule has 0 aliphatic heterocycles. The molecule has 0 saturated heterocycles. The van der Waals surface area contributed by atoms with Crippen molar-refractivity contribution < 1.29 is 19.2 Å². The fourth-order valence-corrected chi connectivity index (χ4v) is 1.92. The lowest BCUT2D eigenvalue weighted by Gasteiger charge is -2.11. The van der Waals surface area contributed by atoms with Crippen molar-refractivity contribution in [1.82, 2.24) is 15.5 Å². The Hall–Kier alpha value is -1.92. The summed E-state index contributed by atoms with van der Waals surface area (Å²) in [6, 6.07) is 0. The van der Waals surface area contributed by atoms with Gasteiger partial charge in [0, 0.05) is 25.8 Å². The Morgan fingerprint density at radius 3 is 2.67 bits per heavy atom. The van der Waals surface area contributed by atoms with Crippen molar-refractivity contribution in [2.45, 2.75) is 52.4 Å². The molecule has 0 aliphatic rings. The Bertz CT molecular complexity index is 459. The molecule has 0 aromatic carbocycles. The van der Waals surface area contributed by atoms with Crippen LogP contribution in [0, 0.1) is 5.92 Å². The maximum Gasteiger partial charge on any atom is 0.308 e. The number of carbonyl (C=O) groups is 2. The smallest absolute Gasteiger partial charge is 0.308 e. The van der Waals surface area contributed by atoms with Gasteiger partial charge in [-0.3, -0.25) is 9.59 Å². The number of nitrogens with one attached hydrogen (secondary N) is 1. The first-order valence-corrected chi connectivity index (χ1v) is 7.37. The predicted octanol–water partition coefficient (Wildman–Crippen LogP) is 1.57. The van der Waals surface area contributed by atoms with Crippen LogP contribution in [-0.2, 0) is 22.4 Å². The molecule has 1 aromatic heterocycles. The molecule has 7 heteroatoms. The van der Waals surface area contributed by atoms with Crippen LogP contribution in [0.5, 0.6) is 0 Å². The summed E-state index contributed by atoms with van der Waals surface area (Å²) in [5, 5.41) is 15.4. The second-order valence-corrected chi connectivity index (χ2v) is 4.98. The Balaban J connectivity index is 2.31. The molecule has 1 atom stereocenters. The zero-order chi connectivity index (χ0) is 15.7. The number of aromatic nitrogens is 2. The molecule has 118 valence electrons. The van der Waals surface area contributed by atoms with E-state index in [1.807, 2.05) is 13.8 Å². The number of hydrogen-bond acceptors (Lipinski definition) is 5. The average molecular weight is 297 g/mol. The highest BCUT2D eigenvalue weighted by Gasteiger charge is 2.17. The van der Waals surface area contributed by atoms with E-state index in [-0.39, 0.29) is 18.9 Å². The van der Waals surface area contributed by atoms with E-state index in [2.05, 4.69) is 15.5 Å². The minimum Gasteiger partial charge on any atom is -0.481 e. The molecule has 21 heavy (non-hydrogen) atoms. The van der Waals surface area contributed by atoms with Crippen LogP contribution in [0.1, 0.15) is 51.2 Å². The molecular weight excluding hydrogens is 274 g/mol. The highest BCUT2D eigenvalue weighted by Crippen LogP contribution is 2.06. The quantitative estimate of drug-likeness (QED) is 0.679. The SMILES string of the molecule is CCCc1noc(CCC(=O)NCC(CCC)C(=O)O)n1. The van der Waals surface area contributed by atoms with Gasteiger partial charge in [0.1, 0.15) is 0 Å². The van der Waals surface area contributed by atoms with Gasteiger partial charge < -0.3 is 14.9 Å². The van der Waals surface area contributed by atoms with Crippen molar-refractivity contribution in [3.8, 4) is 0 Å². The van der Waals surface area contributed by atoms with Crippen LogP contribution in [0.4, 0.5) is 0 Å². The largest absolute Gasteiger partial charge is 0.481 e. The highest BCUT2D eigenvalue weighted by molar-refractivity contribution is 5.77.